The number of amides is 1. The van der Waals surface area contributed by atoms with E-state index in [-0.39, 0.29) is 12.5 Å². The summed E-state index contributed by atoms with van der Waals surface area (Å²) in [7, 11) is 0. The van der Waals surface area contributed by atoms with Gasteiger partial charge in [0.15, 0.2) is 6.61 Å². The van der Waals surface area contributed by atoms with Gasteiger partial charge >= 0.3 is 0 Å². The van der Waals surface area contributed by atoms with Gasteiger partial charge in [0.05, 0.1) is 17.6 Å². The first-order valence-corrected chi connectivity index (χ1v) is 13.1. The van der Waals surface area contributed by atoms with Crippen molar-refractivity contribution in [2.45, 2.75) is 53.0 Å². The number of aromatic nitrogens is 2. The number of ether oxygens (including phenoxy) is 2. The second kappa shape index (κ2) is 12.9. The fourth-order valence-electron chi connectivity index (χ4n) is 4.36. The molecule has 1 amide bonds. The average Bonchev–Trinajstić information content (AvgIpc) is 3.24. The molecule has 0 atom stereocenters. The molecule has 0 radical (unpaired) electrons. The summed E-state index contributed by atoms with van der Waals surface area (Å²) < 4.78 is 13.9. The first-order valence-electron chi connectivity index (χ1n) is 13.1. The number of para-hydroxylation sites is 2. The van der Waals surface area contributed by atoms with Gasteiger partial charge in [0, 0.05) is 19.5 Å². The summed E-state index contributed by atoms with van der Waals surface area (Å²) >= 11 is 0. The standard InChI is InChI=1S/C31H37N3O3/c1-23-10-8-11-26(20-23)36-19-7-6-18-34-28-13-5-4-12-27(28)33-30(34)14-9-17-32-31(35)22-37-29-21-24(2)15-16-25(29)3/h4-5,8,10-13,15-16,20-21H,6-7,9,14,17-19,22H2,1-3H3,(H,32,35). The van der Waals surface area contributed by atoms with Crippen LogP contribution in [0.5, 0.6) is 11.5 Å². The van der Waals surface area contributed by atoms with Crippen molar-refractivity contribution in [3.8, 4) is 11.5 Å². The maximum Gasteiger partial charge on any atom is 0.257 e. The number of fused-ring (bicyclic) bond motifs is 1. The monoisotopic (exact) mass is 499 g/mol. The Hall–Kier alpha value is -3.80. The van der Waals surface area contributed by atoms with E-state index in [1.165, 1.54) is 5.56 Å². The summed E-state index contributed by atoms with van der Waals surface area (Å²) in [6.45, 7) is 8.26. The van der Waals surface area contributed by atoms with Crippen molar-refractivity contribution in [3.05, 3.63) is 89.2 Å². The molecular weight excluding hydrogens is 462 g/mol. The zero-order valence-electron chi connectivity index (χ0n) is 22.1. The molecule has 6 nitrogen and oxygen atoms in total. The summed E-state index contributed by atoms with van der Waals surface area (Å²) in [6, 6.07) is 22.4. The summed E-state index contributed by atoms with van der Waals surface area (Å²) in [6.07, 6.45) is 3.59. The van der Waals surface area contributed by atoms with Gasteiger partial charge in [0.2, 0.25) is 0 Å². The van der Waals surface area contributed by atoms with Gasteiger partial charge in [-0.25, -0.2) is 4.98 Å². The largest absolute Gasteiger partial charge is 0.494 e. The van der Waals surface area contributed by atoms with E-state index in [0.717, 1.165) is 71.7 Å². The van der Waals surface area contributed by atoms with E-state index in [9.17, 15) is 4.79 Å². The number of hydrogen-bond donors (Lipinski definition) is 1. The van der Waals surface area contributed by atoms with E-state index >= 15 is 0 Å². The van der Waals surface area contributed by atoms with E-state index in [1.54, 1.807) is 0 Å². The number of nitrogens with one attached hydrogen (secondary N) is 1. The molecule has 4 aromatic rings. The van der Waals surface area contributed by atoms with Crippen LogP contribution < -0.4 is 14.8 Å². The van der Waals surface area contributed by atoms with Crippen LogP contribution in [0.15, 0.2) is 66.7 Å². The van der Waals surface area contributed by atoms with Crippen molar-refractivity contribution >= 4 is 16.9 Å². The molecular formula is C31H37N3O3. The van der Waals surface area contributed by atoms with E-state index in [0.29, 0.717) is 13.2 Å². The molecule has 0 spiro atoms. The van der Waals surface area contributed by atoms with Crippen LogP contribution in [-0.4, -0.2) is 35.2 Å². The summed E-state index contributed by atoms with van der Waals surface area (Å²) in [4.78, 5) is 17.2. The number of aryl methyl sites for hydroxylation is 5. The van der Waals surface area contributed by atoms with Crippen molar-refractivity contribution in [1.29, 1.82) is 0 Å². The number of unbranched alkanes of at least 4 members (excludes halogenated alkanes) is 1. The lowest BCUT2D eigenvalue weighted by Crippen LogP contribution is -2.30. The van der Waals surface area contributed by atoms with Crippen LogP contribution in [0.4, 0.5) is 0 Å². The summed E-state index contributed by atoms with van der Waals surface area (Å²) in [5, 5.41) is 2.97. The molecule has 6 heteroatoms. The number of hydrogen-bond acceptors (Lipinski definition) is 4. The third-order valence-electron chi connectivity index (χ3n) is 6.37. The predicted octanol–water partition coefficient (Wildman–Crippen LogP) is 5.95. The van der Waals surface area contributed by atoms with Crippen LogP contribution in [0.3, 0.4) is 0 Å². The van der Waals surface area contributed by atoms with Gasteiger partial charge in [0.1, 0.15) is 17.3 Å². The fourth-order valence-corrected chi connectivity index (χ4v) is 4.36. The normalized spacial score (nSPS) is 11.0. The Morgan fingerprint density at radius 1 is 0.892 bits per heavy atom. The molecule has 1 heterocycles. The van der Waals surface area contributed by atoms with Gasteiger partial charge in [-0.15, -0.1) is 0 Å². The topological polar surface area (TPSA) is 65.4 Å². The first kappa shape index (κ1) is 26.3. The number of carbonyl (C=O) groups excluding carboxylic acids is 1. The molecule has 1 aromatic heterocycles. The molecule has 0 saturated carbocycles. The highest BCUT2D eigenvalue weighted by Gasteiger charge is 2.11. The second-order valence-electron chi connectivity index (χ2n) is 9.55. The average molecular weight is 500 g/mol. The molecule has 0 unspecified atom stereocenters. The molecule has 0 saturated heterocycles. The number of rotatable bonds is 13. The SMILES string of the molecule is Cc1cccc(OCCCCn2c(CCCNC(=O)COc3cc(C)ccc3C)nc3ccccc32)c1. The van der Waals surface area contributed by atoms with Gasteiger partial charge < -0.3 is 19.4 Å². The van der Waals surface area contributed by atoms with Crippen LogP contribution >= 0.6 is 0 Å². The van der Waals surface area contributed by atoms with Crippen molar-refractivity contribution < 1.29 is 14.3 Å². The summed E-state index contributed by atoms with van der Waals surface area (Å²) in [5.41, 5.74) is 5.52. The third-order valence-corrected chi connectivity index (χ3v) is 6.37. The van der Waals surface area contributed by atoms with Crippen LogP contribution in [0.2, 0.25) is 0 Å². The Bertz CT molecular complexity index is 1330. The van der Waals surface area contributed by atoms with Crippen LogP contribution in [0.25, 0.3) is 11.0 Å². The number of imidazole rings is 1. The minimum atomic E-state index is -0.108. The van der Waals surface area contributed by atoms with Crippen LogP contribution in [0.1, 0.15) is 41.8 Å². The lowest BCUT2D eigenvalue weighted by atomic mass is 10.1. The zero-order valence-corrected chi connectivity index (χ0v) is 22.1. The highest BCUT2D eigenvalue weighted by atomic mass is 16.5. The Balaban J connectivity index is 1.23. The summed E-state index contributed by atoms with van der Waals surface area (Å²) in [5.74, 6) is 2.63. The molecule has 37 heavy (non-hydrogen) atoms. The molecule has 0 aliphatic carbocycles. The van der Waals surface area contributed by atoms with E-state index < -0.39 is 0 Å². The minimum absolute atomic E-state index is 0.0213. The Labute approximate surface area is 219 Å². The number of nitrogens with zero attached hydrogens (tertiary/aromatic N) is 2. The van der Waals surface area contributed by atoms with Gasteiger partial charge in [-0.3, -0.25) is 4.79 Å². The van der Waals surface area contributed by atoms with Crippen molar-refractivity contribution in [2.75, 3.05) is 19.8 Å². The number of benzene rings is 3. The van der Waals surface area contributed by atoms with E-state index in [2.05, 4.69) is 47.1 Å². The van der Waals surface area contributed by atoms with Gasteiger partial charge in [-0.1, -0.05) is 36.4 Å². The maximum absolute atomic E-state index is 12.3. The quantitative estimate of drug-likeness (QED) is 0.231. The molecule has 3 aromatic carbocycles. The predicted molar refractivity (Wildman–Crippen MR) is 148 cm³/mol. The van der Waals surface area contributed by atoms with Crippen LogP contribution in [0, 0.1) is 20.8 Å². The molecule has 0 aliphatic heterocycles. The zero-order chi connectivity index (χ0) is 26.0. The lowest BCUT2D eigenvalue weighted by Gasteiger charge is -2.11. The molecule has 0 bridgehead atoms. The second-order valence-corrected chi connectivity index (χ2v) is 9.55. The Kier molecular flexibility index (Phi) is 9.19. The number of carbonyl (C=O) groups is 1. The maximum atomic E-state index is 12.3. The smallest absolute Gasteiger partial charge is 0.257 e. The van der Waals surface area contributed by atoms with Crippen molar-refractivity contribution in [1.82, 2.24) is 14.9 Å². The lowest BCUT2D eigenvalue weighted by molar-refractivity contribution is -0.123. The van der Waals surface area contributed by atoms with Crippen molar-refractivity contribution in [2.24, 2.45) is 0 Å². The van der Waals surface area contributed by atoms with Gasteiger partial charge in [-0.2, -0.15) is 0 Å². The first-order chi connectivity index (χ1) is 18.0. The van der Waals surface area contributed by atoms with E-state index in [1.807, 2.05) is 50.2 Å². The van der Waals surface area contributed by atoms with Crippen LogP contribution in [-0.2, 0) is 17.8 Å². The Morgan fingerprint density at radius 3 is 2.59 bits per heavy atom. The molecule has 0 aliphatic rings. The van der Waals surface area contributed by atoms with Crippen molar-refractivity contribution in [3.63, 3.8) is 0 Å². The highest BCUT2D eigenvalue weighted by molar-refractivity contribution is 5.77. The Morgan fingerprint density at radius 2 is 1.73 bits per heavy atom. The minimum Gasteiger partial charge on any atom is -0.494 e. The molecule has 4 rings (SSSR count). The van der Waals surface area contributed by atoms with Gasteiger partial charge in [-0.05, 0) is 87.1 Å². The molecule has 0 fully saturated rings. The molecule has 194 valence electrons. The third kappa shape index (κ3) is 7.59. The fraction of sp³-hybridized carbons (Fsp3) is 0.355. The van der Waals surface area contributed by atoms with Gasteiger partial charge in [0.25, 0.3) is 5.91 Å². The highest BCUT2D eigenvalue weighted by Crippen LogP contribution is 2.20. The van der Waals surface area contributed by atoms with E-state index in [4.69, 9.17) is 14.5 Å². The molecule has 1 N–H and O–H groups in total.